The molecule has 0 unspecified atom stereocenters. The number of nitrogens with one attached hydrogen (secondary N) is 2. The van der Waals surface area contributed by atoms with Gasteiger partial charge in [0.25, 0.3) is 11.8 Å². The van der Waals surface area contributed by atoms with Crippen LogP contribution in [0.25, 0.3) is 0 Å². The topological polar surface area (TPSA) is 110 Å². The van der Waals surface area contributed by atoms with Gasteiger partial charge in [-0.25, -0.2) is 9.97 Å². The van der Waals surface area contributed by atoms with Crippen LogP contribution in [0.4, 0.5) is 0 Å². The van der Waals surface area contributed by atoms with E-state index >= 15 is 0 Å². The molecule has 2 N–H and O–H groups in total. The van der Waals surface area contributed by atoms with Crippen molar-refractivity contribution in [3.8, 4) is 0 Å². The maximum absolute atomic E-state index is 12.5. The summed E-state index contributed by atoms with van der Waals surface area (Å²) in [4.78, 5) is 33.6. The Kier molecular flexibility index (Phi) is 5.31. The van der Waals surface area contributed by atoms with Crippen molar-refractivity contribution >= 4 is 11.8 Å². The predicted molar refractivity (Wildman–Crippen MR) is 107 cm³/mol. The second-order valence-electron chi connectivity index (χ2n) is 8.89. The summed E-state index contributed by atoms with van der Waals surface area (Å²) in [5, 5.41) is 6.11. The van der Waals surface area contributed by atoms with Crippen LogP contribution in [0.3, 0.4) is 0 Å². The molecule has 0 aliphatic heterocycles. The van der Waals surface area contributed by atoms with Gasteiger partial charge in [-0.2, -0.15) is 0 Å². The first-order valence-corrected chi connectivity index (χ1v) is 11.2. The maximum Gasteiger partial charge on any atom is 0.273 e. The largest absolute Gasteiger partial charge is 0.448 e. The van der Waals surface area contributed by atoms with Gasteiger partial charge in [0.15, 0.2) is 23.2 Å². The number of oxazole rings is 2. The summed E-state index contributed by atoms with van der Waals surface area (Å²) >= 11 is 0. The van der Waals surface area contributed by atoms with Gasteiger partial charge in [-0.3, -0.25) is 9.59 Å². The van der Waals surface area contributed by atoms with E-state index < -0.39 is 0 Å². The molecule has 0 aromatic carbocycles. The molecule has 0 bridgehead atoms. The number of aromatic nitrogens is 2. The molecule has 0 spiro atoms. The molecule has 0 saturated heterocycles. The smallest absolute Gasteiger partial charge is 0.273 e. The summed E-state index contributed by atoms with van der Waals surface area (Å²) in [6, 6.07) is 0.179. The van der Waals surface area contributed by atoms with E-state index in [1.54, 1.807) is 0 Å². The summed E-state index contributed by atoms with van der Waals surface area (Å²) in [6.07, 6.45) is 13.0. The normalized spacial score (nSPS) is 24.7. The lowest BCUT2D eigenvalue weighted by Gasteiger charge is -2.29. The number of carbonyl (C=O) groups excluding carboxylic acids is 2. The van der Waals surface area contributed by atoms with E-state index in [1.165, 1.54) is 25.4 Å². The molecule has 3 aliphatic rings. The molecule has 8 nitrogen and oxygen atoms in total. The third-order valence-electron chi connectivity index (χ3n) is 6.82. The van der Waals surface area contributed by atoms with Gasteiger partial charge in [0, 0.05) is 23.9 Å². The van der Waals surface area contributed by atoms with E-state index in [9.17, 15) is 9.59 Å². The number of carbonyl (C=O) groups is 2. The van der Waals surface area contributed by atoms with Crippen molar-refractivity contribution in [1.29, 1.82) is 0 Å². The predicted octanol–water partition coefficient (Wildman–Crippen LogP) is 3.67. The number of rotatable bonds is 6. The van der Waals surface area contributed by atoms with Crippen molar-refractivity contribution in [1.82, 2.24) is 20.6 Å². The van der Waals surface area contributed by atoms with Gasteiger partial charge in [-0.1, -0.05) is 12.8 Å². The Morgan fingerprint density at radius 2 is 1.10 bits per heavy atom. The Labute approximate surface area is 175 Å². The quantitative estimate of drug-likeness (QED) is 0.749. The van der Waals surface area contributed by atoms with Gasteiger partial charge in [0.2, 0.25) is 0 Å². The van der Waals surface area contributed by atoms with Crippen LogP contribution in [0.5, 0.6) is 0 Å². The molecule has 2 aromatic rings. The standard InChI is InChI=1S/C22H28N4O4/c27-19(17-11-29-21(25-17)13-3-1-4-13)23-15-7-9-16(10-8-15)24-20(28)18-12-30-22(26-18)14-5-2-6-14/h11-16H,1-10H2,(H,23,27)(H,24,28). The van der Waals surface area contributed by atoms with Crippen LogP contribution in [0.2, 0.25) is 0 Å². The Morgan fingerprint density at radius 3 is 1.43 bits per heavy atom. The highest BCUT2D eigenvalue weighted by molar-refractivity contribution is 5.92. The molecule has 30 heavy (non-hydrogen) atoms. The molecule has 160 valence electrons. The monoisotopic (exact) mass is 412 g/mol. The minimum absolute atomic E-state index is 0.0896. The number of amides is 2. The van der Waals surface area contributed by atoms with Gasteiger partial charge < -0.3 is 19.5 Å². The highest BCUT2D eigenvalue weighted by Gasteiger charge is 2.29. The summed E-state index contributed by atoms with van der Waals surface area (Å²) in [6.45, 7) is 0. The van der Waals surface area contributed by atoms with Crippen molar-refractivity contribution in [2.45, 2.75) is 88.1 Å². The average Bonchev–Trinajstić information content (AvgIpc) is 3.31. The van der Waals surface area contributed by atoms with Crippen molar-refractivity contribution in [3.63, 3.8) is 0 Å². The van der Waals surface area contributed by atoms with E-state index in [4.69, 9.17) is 8.83 Å². The van der Waals surface area contributed by atoms with Crippen LogP contribution < -0.4 is 10.6 Å². The van der Waals surface area contributed by atoms with Crippen LogP contribution in [0.15, 0.2) is 21.4 Å². The van der Waals surface area contributed by atoms with Crippen LogP contribution in [-0.2, 0) is 0 Å². The van der Waals surface area contributed by atoms with Gasteiger partial charge in [-0.05, 0) is 51.4 Å². The van der Waals surface area contributed by atoms with Crippen molar-refractivity contribution < 1.29 is 18.4 Å². The fraction of sp³-hybridized carbons (Fsp3) is 0.636. The molecule has 2 aromatic heterocycles. The molecular weight excluding hydrogens is 384 g/mol. The summed E-state index contributed by atoms with van der Waals surface area (Å²) in [5.41, 5.74) is 0.723. The minimum Gasteiger partial charge on any atom is -0.448 e. The molecule has 3 aliphatic carbocycles. The molecule has 8 heteroatoms. The fourth-order valence-electron chi connectivity index (χ4n) is 4.37. The first kappa shape index (κ1) is 19.3. The van der Waals surface area contributed by atoms with Gasteiger partial charge in [0.05, 0.1) is 0 Å². The molecule has 0 radical (unpaired) electrons. The summed E-state index contributed by atoms with van der Waals surface area (Å²) in [5.74, 6) is 1.77. The van der Waals surface area contributed by atoms with Crippen LogP contribution in [0.1, 0.15) is 109 Å². The van der Waals surface area contributed by atoms with Gasteiger partial charge in [0.1, 0.15) is 12.5 Å². The van der Waals surface area contributed by atoms with E-state index in [1.807, 2.05) is 0 Å². The molecular formula is C22H28N4O4. The van der Waals surface area contributed by atoms with Crippen molar-refractivity contribution in [3.05, 3.63) is 35.7 Å². The average molecular weight is 412 g/mol. The molecule has 3 fully saturated rings. The lowest BCUT2D eigenvalue weighted by atomic mass is 9.85. The Bertz CT molecular complexity index is 830. The van der Waals surface area contributed by atoms with E-state index in [2.05, 4.69) is 20.6 Å². The molecule has 2 heterocycles. The third kappa shape index (κ3) is 4.00. The number of hydrogen-bond donors (Lipinski definition) is 2. The summed E-state index contributed by atoms with van der Waals surface area (Å²) < 4.78 is 11.0. The third-order valence-corrected chi connectivity index (χ3v) is 6.82. The first-order valence-electron chi connectivity index (χ1n) is 11.2. The first-order chi connectivity index (χ1) is 14.7. The SMILES string of the molecule is O=C(NC1CCC(NC(=O)c2coc(C3CCC3)n2)CC1)c1coc(C2CCC2)n1. The van der Waals surface area contributed by atoms with Crippen LogP contribution in [-0.4, -0.2) is 33.9 Å². The van der Waals surface area contributed by atoms with Gasteiger partial charge in [-0.15, -0.1) is 0 Å². The van der Waals surface area contributed by atoms with Gasteiger partial charge >= 0.3 is 0 Å². The van der Waals surface area contributed by atoms with Crippen LogP contribution in [0, 0.1) is 0 Å². The number of nitrogens with zero attached hydrogens (tertiary/aromatic N) is 2. The maximum atomic E-state index is 12.5. The highest BCUT2D eigenvalue weighted by atomic mass is 16.3. The van der Waals surface area contributed by atoms with Crippen molar-refractivity contribution in [2.24, 2.45) is 0 Å². The van der Waals surface area contributed by atoms with E-state index in [0.29, 0.717) is 35.0 Å². The van der Waals surface area contributed by atoms with Crippen LogP contribution >= 0.6 is 0 Å². The molecule has 2 amide bonds. The Balaban J connectivity index is 1.07. The Morgan fingerprint density at radius 1 is 0.700 bits per heavy atom. The number of hydrogen-bond acceptors (Lipinski definition) is 6. The second kappa shape index (κ2) is 8.24. The second-order valence-corrected chi connectivity index (χ2v) is 8.89. The van der Waals surface area contributed by atoms with E-state index in [0.717, 1.165) is 51.4 Å². The van der Waals surface area contributed by atoms with E-state index in [-0.39, 0.29) is 23.9 Å². The zero-order chi connectivity index (χ0) is 20.5. The summed E-state index contributed by atoms with van der Waals surface area (Å²) in [7, 11) is 0. The Hall–Kier alpha value is -2.64. The highest BCUT2D eigenvalue weighted by Crippen LogP contribution is 2.36. The lowest BCUT2D eigenvalue weighted by Crippen LogP contribution is -2.44. The minimum atomic E-state index is -0.178. The fourth-order valence-corrected chi connectivity index (χ4v) is 4.37. The molecule has 3 saturated carbocycles. The molecule has 5 rings (SSSR count). The zero-order valence-electron chi connectivity index (χ0n) is 17.1. The lowest BCUT2D eigenvalue weighted by molar-refractivity contribution is 0.0886. The van der Waals surface area contributed by atoms with Crippen molar-refractivity contribution in [2.75, 3.05) is 0 Å². The molecule has 0 atom stereocenters. The zero-order valence-corrected chi connectivity index (χ0v) is 17.1.